The minimum atomic E-state index is -0.496. The summed E-state index contributed by atoms with van der Waals surface area (Å²) in [5, 5.41) is 13.3. The molecule has 0 amide bonds. The van der Waals surface area contributed by atoms with Crippen molar-refractivity contribution in [2.45, 2.75) is 38.2 Å². The fourth-order valence-corrected chi connectivity index (χ4v) is 2.96. The zero-order valence-corrected chi connectivity index (χ0v) is 10.9. The molecule has 1 heteroatoms. The van der Waals surface area contributed by atoms with Crippen LogP contribution in [0.1, 0.15) is 31.7 Å². The van der Waals surface area contributed by atoms with Crippen LogP contribution in [0.4, 0.5) is 0 Å². The maximum absolute atomic E-state index is 10.8. The number of hydrogen-bond donors (Lipinski definition) is 1. The molecule has 2 aromatic rings. The van der Waals surface area contributed by atoms with Gasteiger partial charge in [0.1, 0.15) is 0 Å². The number of aliphatic hydroxyl groups is 1. The first-order chi connectivity index (χ1) is 8.73. The molecule has 0 heterocycles. The van der Waals surface area contributed by atoms with Gasteiger partial charge in [-0.3, -0.25) is 0 Å². The van der Waals surface area contributed by atoms with Gasteiger partial charge >= 0.3 is 0 Å². The van der Waals surface area contributed by atoms with Crippen molar-refractivity contribution in [2.24, 2.45) is 5.92 Å². The molecule has 1 N–H and O–H groups in total. The molecule has 1 nitrogen and oxygen atoms in total. The molecule has 0 spiro atoms. The van der Waals surface area contributed by atoms with Crippen LogP contribution in [0.5, 0.6) is 0 Å². The first-order valence-corrected chi connectivity index (χ1v) is 6.92. The minimum Gasteiger partial charge on any atom is -0.389 e. The predicted molar refractivity (Wildman–Crippen MR) is 75.6 cm³/mol. The Balaban J connectivity index is 1.99. The van der Waals surface area contributed by atoms with Gasteiger partial charge in [-0.2, -0.15) is 0 Å². The quantitative estimate of drug-likeness (QED) is 0.858. The van der Waals surface area contributed by atoms with E-state index in [9.17, 15) is 5.11 Å². The van der Waals surface area contributed by atoms with Crippen LogP contribution in [0.15, 0.2) is 42.5 Å². The molecule has 94 valence electrons. The Bertz CT molecular complexity index is 551. The molecule has 1 fully saturated rings. The molecule has 1 unspecified atom stereocenters. The fraction of sp³-hybridized carbons (Fsp3) is 0.412. The average molecular weight is 240 g/mol. The molecule has 3 rings (SSSR count). The van der Waals surface area contributed by atoms with Crippen molar-refractivity contribution in [3.05, 3.63) is 48.0 Å². The third-order valence-electron chi connectivity index (χ3n) is 4.33. The molecule has 18 heavy (non-hydrogen) atoms. The predicted octanol–water partition coefficient (Wildman–Crippen LogP) is 3.93. The van der Waals surface area contributed by atoms with Crippen LogP contribution in [0, 0.1) is 5.92 Å². The molecular formula is C17H20O. The lowest BCUT2D eigenvalue weighted by molar-refractivity contribution is 0.0142. The van der Waals surface area contributed by atoms with Crippen LogP contribution >= 0.6 is 0 Å². The van der Waals surface area contributed by atoms with E-state index in [-0.39, 0.29) is 0 Å². The summed E-state index contributed by atoms with van der Waals surface area (Å²) < 4.78 is 0. The maximum Gasteiger partial charge on any atom is 0.0713 e. The number of fused-ring (bicyclic) bond motifs is 1. The number of hydrogen-bond acceptors (Lipinski definition) is 1. The topological polar surface area (TPSA) is 20.2 Å². The molecule has 0 bridgehead atoms. The van der Waals surface area contributed by atoms with Gasteiger partial charge in [0.25, 0.3) is 0 Å². The lowest BCUT2D eigenvalue weighted by atomic mass is 9.85. The lowest BCUT2D eigenvalue weighted by Crippen LogP contribution is -2.33. The highest BCUT2D eigenvalue weighted by molar-refractivity contribution is 5.85. The average Bonchev–Trinajstić information content (AvgIpc) is 3.24. The van der Waals surface area contributed by atoms with E-state index in [0.29, 0.717) is 5.92 Å². The van der Waals surface area contributed by atoms with Crippen LogP contribution in [0.2, 0.25) is 0 Å². The Hall–Kier alpha value is -1.34. The van der Waals surface area contributed by atoms with Crippen molar-refractivity contribution in [3.63, 3.8) is 0 Å². The second-order valence-corrected chi connectivity index (χ2v) is 5.55. The Morgan fingerprint density at radius 2 is 1.83 bits per heavy atom. The summed E-state index contributed by atoms with van der Waals surface area (Å²) in [6, 6.07) is 14.8. The maximum atomic E-state index is 10.8. The van der Waals surface area contributed by atoms with Gasteiger partial charge < -0.3 is 5.11 Å². The zero-order valence-electron chi connectivity index (χ0n) is 10.9. The van der Waals surface area contributed by atoms with Gasteiger partial charge in [-0.1, -0.05) is 49.4 Å². The van der Waals surface area contributed by atoms with Crippen molar-refractivity contribution in [1.82, 2.24) is 0 Å². The van der Waals surface area contributed by atoms with E-state index in [1.165, 1.54) is 29.2 Å². The largest absolute Gasteiger partial charge is 0.389 e. The first kappa shape index (κ1) is 11.7. The van der Waals surface area contributed by atoms with Crippen LogP contribution in [-0.2, 0) is 6.42 Å². The molecule has 0 radical (unpaired) electrons. The lowest BCUT2D eigenvalue weighted by Gasteiger charge is -2.27. The van der Waals surface area contributed by atoms with E-state index in [2.05, 4.69) is 49.4 Å². The summed E-state index contributed by atoms with van der Waals surface area (Å²) in [5.74, 6) is 0.515. The Labute approximate surface area is 108 Å². The highest BCUT2D eigenvalue weighted by Gasteiger charge is 2.42. The summed E-state index contributed by atoms with van der Waals surface area (Å²) in [5.41, 5.74) is 0.786. The third-order valence-corrected chi connectivity index (χ3v) is 4.33. The van der Waals surface area contributed by atoms with Crippen molar-refractivity contribution >= 4 is 10.8 Å². The van der Waals surface area contributed by atoms with E-state index in [1.54, 1.807) is 0 Å². The Kier molecular flexibility index (Phi) is 2.87. The van der Waals surface area contributed by atoms with Gasteiger partial charge in [-0.15, -0.1) is 0 Å². The fourth-order valence-electron chi connectivity index (χ4n) is 2.96. The Morgan fingerprint density at radius 3 is 2.56 bits per heavy atom. The second kappa shape index (κ2) is 4.40. The molecule has 2 aromatic carbocycles. The van der Waals surface area contributed by atoms with Crippen molar-refractivity contribution in [1.29, 1.82) is 0 Å². The highest BCUT2D eigenvalue weighted by Crippen LogP contribution is 2.43. The molecule has 1 atom stereocenters. The summed E-state index contributed by atoms with van der Waals surface area (Å²) in [6.07, 6.45) is 4.01. The van der Waals surface area contributed by atoms with Gasteiger partial charge in [0.05, 0.1) is 5.60 Å². The number of rotatable bonds is 4. The molecule has 1 aliphatic carbocycles. The monoisotopic (exact) mass is 240 g/mol. The summed E-state index contributed by atoms with van der Waals surface area (Å²) in [6.45, 7) is 2.10. The van der Waals surface area contributed by atoms with Gasteiger partial charge in [-0.05, 0) is 41.5 Å². The van der Waals surface area contributed by atoms with Crippen molar-refractivity contribution in [2.75, 3.05) is 0 Å². The van der Waals surface area contributed by atoms with Crippen LogP contribution in [0.3, 0.4) is 0 Å². The van der Waals surface area contributed by atoms with Crippen molar-refractivity contribution < 1.29 is 5.11 Å². The Morgan fingerprint density at radius 1 is 1.11 bits per heavy atom. The molecular weight excluding hydrogens is 220 g/mol. The van der Waals surface area contributed by atoms with Crippen molar-refractivity contribution in [3.8, 4) is 0 Å². The molecule has 1 saturated carbocycles. The van der Waals surface area contributed by atoms with Crippen LogP contribution in [-0.4, -0.2) is 10.7 Å². The van der Waals surface area contributed by atoms with Gasteiger partial charge in [0.2, 0.25) is 0 Å². The second-order valence-electron chi connectivity index (χ2n) is 5.55. The molecule has 1 aliphatic rings. The normalized spacial score (nSPS) is 18.8. The summed E-state index contributed by atoms with van der Waals surface area (Å²) in [7, 11) is 0. The minimum absolute atomic E-state index is 0.496. The van der Waals surface area contributed by atoms with Crippen LogP contribution in [0.25, 0.3) is 10.8 Å². The van der Waals surface area contributed by atoms with Gasteiger partial charge in [-0.25, -0.2) is 0 Å². The van der Waals surface area contributed by atoms with E-state index in [0.717, 1.165) is 12.8 Å². The number of benzene rings is 2. The molecule has 0 saturated heterocycles. The van der Waals surface area contributed by atoms with E-state index in [4.69, 9.17) is 0 Å². The van der Waals surface area contributed by atoms with E-state index >= 15 is 0 Å². The zero-order chi connectivity index (χ0) is 12.6. The molecule has 0 aliphatic heterocycles. The van der Waals surface area contributed by atoms with Gasteiger partial charge in [0, 0.05) is 6.42 Å². The SMILES string of the molecule is CCC(O)(Cc1cccc2ccccc12)C1CC1. The van der Waals surface area contributed by atoms with Gasteiger partial charge in [0.15, 0.2) is 0 Å². The standard InChI is InChI=1S/C17H20O/c1-2-17(18,15-10-11-15)12-14-8-5-7-13-6-3-4-9-16(13)14/h3-9,15,18H,2,10-12H2,1H3. The van der Waals surface area contributed by atoms with E-state index in [1.807, 2.05) is 0 Å². The van der Waals surface area contributed by atoms with Crippen LogP contribution < -0.4 is 0 Å². The first-order valence-electron chi connectivity index (χ1n) is 6.92. The molecule has 0 aromatic heterocycles. The third kappa shape index (κ3) is 2.04. The summed E-state index contributed by atoms with van der Waals surface area (Å²) in [4.78, 5) is 0. The smallest absolute Gasteiger partial charge is 0.0713 e. The van der Waals surface area contributed by atoms with E-state index < -0.39 is 5.60 Å². The highest BCUT2D eigenvalue weighted by atomic mass is 16.3. The summed E-state index contributed by atoms with van der Waals surface area (Å²) >= 11 is 0.